The van der Waals surface area contributed by atoms with Crippen LogP contribution in [0.1, 0.15) is 17.7 Å². The van der Waals surface area contributed by atoms with Gasteiger partial charge in [0.2, 0.25) is 5.88 Å². The van der Waals surface area contributed by atoms with Crippen molar-refractivity contribution in [2.75, 3.05) is 7.11 Å². The van der Waals surface area contributed by atoms with Gasteiger partial charge in [-0.15, -0.1) is 5.10 Å². The van der Waals surface area contributed by atoms with E-state index in [-0.39, 0.29) is 6.42 Å². The van der Waals surface area contributed by atoms with Gasteiger partial charge in [-0.3, -0.25) is 4.79 Å². The lowest BCUT2D eigenvalue weighted by atomic mass is 10.2. The summed E-state index contributed by atoms with van der Waals surface area (Å²) in [4.78, 5) is 14.6. The Morgan fingerprint density at radius 3 is 3.11 bits per heavy atom. The second-order valence-electron chi connectivity index (χ2n) is 3.97. The van der Waals surface area contributed by atoms with Crippen LogP contribution in [-0.4, -0.2) is 38.2 Å². The molecule has 1 N–H and O–H groups in total. The number of ether oxygens (including phenoxy) is 1. The summed E-state index contributed by atoms with van der Waals surface area (Å²) in [5.41, 5.74) is 1.55. The van der Waals surface area contributed by atoms with Crippen molar-refractivity contribution in [1.82, 2.24) is 20.0 Å². The predicted molar refractivity (Wildman–Crippen MR) is 65.9 cm³/mol. The van der Waals surface area contributed by atoms with Gasteiger partial charge in [-0.1, -0.05) is 11.3 Å². The lowest BCUT2D eigenvalue weighted by Gasteiger charge is -2.05. The Bertz CT molecular complexity index is 568. The highest BCUT2D eigenvalue weighted by atomic mass is 16.5. The average molecular weight is 262 g/mol. The predicted octanol–water partition coefficient (Wildman–Crippen LogP) is 0.747. The fraction of sp³-hybridized carbons (Fsp3) is 0.333. The highest BCUT2D eigenvalue weighted by Crippen LogP contribution is 2.14. The topological polar surface area (TPSA) is 90.1 Å². The molecule has 100 valence electrons. The van der Waals surface area contributed by atoms with E-state index >= 15 is 0 Å². The van der Waals surface area contributed by atoms with Crippen LogP contribution in [0.4, 0.5) is 0 Å². The van der Waals surface area contributed by atoms with E-state index in [2.05, 4.69) is 15.3 Å². The van der Waals surface area contributed by atoms with Crippen molar-refractivity contribution < 1.29 is 14.6 Å². The summed E-state index contributed by atoms with van der Waals surface area (Å²) in [7, 11) is 1.56. The standard InChI is InChI=1S/C12H14N4O3/c1-19-12-9(3-2-6-13-12)7-16-8-10(14-15-16)4-5-11(17)18/h2-3,6,8H,4-5,7H2,1H3,(H,17,18). The Balaban J connectivity index is 2.05. The van der Waals surface area contributed by atoms with Gasteiger partial charge < -0.3 is 9.84 Å². The molecule has 2 rings (SSSR count). The molecule has 19 heavy (non-hydrogen) atoms. The van der Waals surface area contributed by atoms with E-state index in [0.29, 0.717) is 24.5 Å². The lowest BCUT2D eigenvalue weighted by Crippen LogP contribution is -2.03. The largest absolute Gasteiger partial charge is 0.481 e. The third-order valence-electron chi connectivity index (χ3n) is 2.56. The van der Waals surface area contributed by atoms with Crippen molar-refractivity contribution in [2.45, 2.75) is 19.4 Å². The van der Waals surface area contributed by atoms with Crippen LogP contribution in [0.5, 0.6) is 5.88 Å². The second-order valence-corrected chi connectivity index (χ2v) is 3.97. The molecule has 2 aromatic rings. The number of nitrogens with zero attached hydrogens (tertiary/aromatic N) is 4. The number of hydrogen-bond acceptors (Lipinski definition) is 5. The van der Waals surface area contributed by atoms with Crippen LogP contribution in [0, 0.1) is 0 Å². The van der Waals surface area contributed by atoms with Crippen LogP contribution in [0.15, 0.2) is 24.5 Å². The summed E-state index contributed by atoms with van der Waals surface area (Å²) in [5, 5.41) is 16.5. The van der Waals surface area contributed by atoms with Gasteiger partial charge in [0.1, 0.15) is 0 Å². The number of aromatic nitrogens is 4. The third kappa shape index (κ3) is 3.51. The number of carbonyl (C=O) groups is 1. The van der Waals surface area contributed by atoms with Crippen LogP contribution < -0.4 is 4.74 Å². The first kappa shape index (κ1) is 13.0. The number of aryl methyl sites for hydroxylation is 1. The Morgan fingerprint density at radius 2 is 2.37 bits per heavy atom. The first-order valence-corrected chi connectivity index (χ1v) is 5.77. The van der Waals surface area contributed by atoms with E-state index in [9.17, 15) is 4.79 Å². The molecule has 0 aliphatic rings. The highest BCUT2D eigenvalue weighted by molar-refractivity contribution is 5.66. The normalized spacial score (nSPS) is 10.4. The Morgan fingerprint density at radius 1 is 1.53 bits per heavy atom. The molecular weight excluding hydrogens is 248 g/mol. The number of rotatable bonds is 6. The fourth-order valence-electron chi connectivity index (χ4n) is 1.67. The maximum atomic E-state index is 10.5. The SMILES string of the molecule is COc1ncccc1Cn1cc(CCC(=O)O)nn1. The Hall–Kier alpha value is -2.44. The van der Waals surface area contributed by atoms with Crippen LogP contribution in [-0.2, 0) is 17.8 Å². The van der Waals surface area contributed by atoms with Crippen LogP contribution in [0.25, 0.3) is 0 Å². The minimum atomic E-state index is -0.844. The lowest BCUT2D eigenvalue weighted by molar-refractivity contribution is -0.136. The molecule has 0 saturated heterocycles. The van der Waals surface area contributed by atoms with Crippen molar-refractivity contribution in [3.8, 4) is 5.88 Å². The number of pyridine rings is 1. The van der Waals surface area contributed by atoms with Gasteiger partial charge in [0.05, 0.1) is 25.8 Å². The summed E-state index contributed by atoms with van der Waals surface area (Å²) in [6.07, 6.45) is 3.81. The summed E-state index contributed by atoms with van der Waals surface area (Å²) in [6, 6.07) is 3.71. The third-order valence-corrected chi connectivity index (χ3v) is 2.56. The minimum Gasteiger partial charge on any atom is -0.481 e. The first-order valence-electron chi connectivity index (χ1n) is 5.77. The Kier molecular flexibility index (Phi) is 4.07. The molecule has 0 atom stereocenters. The summed E-state index contributed by atoms with van der Waals surface area (Å²) < 4.78 is 6.79. The number of methoxy groups -OCH3 is 1. The zero-order valence-electron chi connectivity index (χ0n) is 10.5. The van der Waals surface area contributed by atoms with Gasteiger partial charge in [-0.25, -0.2) is 9.67 Å². The second kappa shape index (κ2) is 5.94. The maximum Gasteiger partial charge on any atom is 0.303 e. The van der Waals surface area contributed by atoms with Gasteiger partial charge in [0.15, 0.2) is 0 Å². The van der Waals surface area contributed by atoms with Crippen molar-refractivity contribution in [2.24, 2.45) is 0 Å². The zero-order chi connectivity index (χ0) is 13.7. The molecule has 2 heterocycles. The molecule has 0 aliphatic heterocycles. The average Bonchev–Trinajstić information content (AvgIpc) is 2.85. The number of aliphatic carboxylic acids is 1. The molecule has 0 spiro atoms. The van der Waals surface area contributed by atoms with Crippen molar-refractivity contribution in [3.05, 3.63) is 35.8 Å². The molecule has 2 aromatic heterocycles. The van der Waals surface area contributed by atoms with E-state index in [0.717, 1.165) is 5.56 Å². The van der Waals surface area contributed by atoms with Crippen molar-refractivity contribution in [1.29, 1.82) is 0 Å². The zero-order valence-corrected chi connectivity index (χ0v) is 10.5. The fourth-order valence-corrected chi connectivity index (χ4v) is 1.67. The number of carboxylic acids is 1. The molecule has 0 amide bonds. The number of hydrogen-bond donors (Lipinski definition) is 1. The van der Waals surface area contributed by atoms with Gasteiger partial charge in [-0.05, 0) is 6.07 Å². The molecule has 7 heteroatoms. The van der Waals surface area contributed by atoms with Crippen LogP contribution in [0.3, 0.4) is 0 Å². The quantitative estimate of drug-likeness (QED) is 0.826. The molecule has 0 fully saturated rings. The summed E-state index contributed by atoms with van der Waals surface area (Å²) >= 11 is 0. The van der Waals surface area contributed by atoms with E-state index in [1.54, 1.807) is 24.2 Å². The molecule has 0 unspecified atom stereocenters. The van der Waals surface area contributed by atoms with Crippen LogP contribution in [0.2, 0.25) is 0 Å². The summed E-state index contributed by atoms with van der Waals surface area (Å²) in [6.45, 7) is 0.483. The van der Waals surface area contributed by atoms with Crippen molar-refractivity contribution in [3.63, 3.8) is 0 Å². The Labute approximate surface area is 109 Å². The van der Waals surface area contributed by atoms with Crippen LogP contribution >= 0.6 is 0 Å². The van der Waals surface area contributed by atoms with Gasteiger partial charge in [0.25, 0.3) is 0 Å². The molecule has 0 aromatic carbocycles. The van der Waals surface area contributed by atoms with Crippen molar-refractivity contribution >= 4 is 5.97 Å². The van der Waals surface area contributed by atoms with Gasteiger partial charge in [-0.2, -0.15) is 0 Å². The molecule has 0 bridgehead atoms. The number of carboxylic acid groups (broad SMARTS) is 1. The van der Waals surface area contributed by atoms with E-state index in [1.165, 1.54) is 0 Å². The molecular formula is C12H14N4O3. The molecule has 0 radical (unpaired) electrons. The first-order chi connectivity index (χ1) is 9.19. The smallest absolute Gasteiger partial charge is 0.303 e. The molecule has 0 saturated carbocycles. The van der Waals surface area contributed by atoms with E-state index in [4.69, 9.17) is 9.84 Å². The minimum absolute atomic E-state index is 0.0505. The van der Waals surface area contributed by atoms with E-state index in [1.807, 2.05) is 12.1 Å². The van der Waals surface area contributed by atoms with Gasteiger partial charge in [0, 0.05) is 24.4 Å². The van der Waals surface area contributed by atoms with Gasteiger partial charge >= 0.3 is 5.97 Å². The summed E-state index contributed by atoms with van der Waals surface area (Å²) in [5.74, 6) is -0.298. The monoisotopic (exact) mass is 262 g/mol. The molecule has 0 aliphatic carbocycles. The van der Waals surface area contributed by atoms with E-state index < -0.39 is 5.97 Å². The highest BCUT2D eigenvalue weighted by Gasteiger charge is 2.07. The molecule has 7 nitrogen and oxygen atoms in total. The maximum absolute atomic E-state index is 10.5.